The number of benzene rings is 2. The molecule has 32 heavy (non-hydrogen) atoms. The standard InChI is InChI=1S/C25H30N2O4S/c1-25(2,3)22-15-21(20-12-9-13-26-24(20)28)19(14-23(22)31-4)17-27(32(5,29)30)16-18-10-7-6-8-11-18/h6-15H,16-17H2,1-5H3,(H,26,28). The van der Waals surface area contributed by atoms with Crippen molar-refractivity contribution in [2.45, 2.75) is 39.3 Å². The van der Waals surface area contributed by atoms with E-state index in [2.05, 4.69) is 25.8 Å². The fourth-order valence-electron chi connectivity index (χ4n) is 3.66. The lowest BCUT2D eigenvalue weighted by Crippen LogP contribution is -2.29. The number of hydrogen-bond acceptors (Lipinski definition) is 4. The summed E-state index contributed by atoms with van der Waals surface area (Å²) in [5, 5.41) is 0. The van der Waals surface area contributed by atoms with Gasteiger partial charge in [0.2, 0.25) is 10.0 Å². The van der Waals surface area contributed by atoms with Crippen LogP contribution in [0, 0.1) is 0 Å². The van der Waals surface area contributed by atoms with Gasteiger partial charge in [0.05, 0.1) is 13.4 Å². The molecule has 0 spiro atoms. The molecule has 170 valence electrons. The van der Waals surface area contributed by atoms with E-state index in [9.17, 15) is 13.2 Å². The number of hydrogen-bond donors (Lipinski definition) is 1. The van der Waals surface area contributed by atoms with E-state index in [0.717, 1.165) is 11.1 Å². The summed E-state index contributed by atoms with van der Waals surface area (Å²) < 4.78 is 32.4. The van der Waals surface area contributed by atoms with E-state index >= 15 is 0 Å². The summed E-state index contributed by atoms with van der Waals surface area (Å²) in [7, 11) is -1.92. The molecule has 0 bridgehead atoms. The van der Waals surface area contributed by atoms with Crippen molar-refractivity contribution in [3.8, 4) is 16.9 Å². The molecule has 1 N–H and O–H groups in total. The zero-order chi connectivity index (χ0) is 23.5. The van der Waals surface area contributed by atoms with Crippen LogP contribution in [0.15, 0.2) is 65.6 Å². The number of methoxy groups -OCH3 is 1. The number of sulfonamides is 1. The van der Waals surface area contributed by atoms with Crippen molar-refractivity contribution < 1.29 is 13.2 Å². The van der Waals surface area contributed by atoms with Gasteiger partial charge in [-0.2, -0.15) is 4.31 Å². The second-order valence-corrected chi connectivity index (χ2v) is 10.9. The van der Waals surface area contributed by atoms with Crippen molar-refractivity contribution in [2.24, 2.45) is 0 Å². The Kier molecular flexibility index (Phi) is 6.91. The molecule has 0 atom stereocenters. The van der Waals surface area contributed by atoms with Crippen LogP contribution in [0.5, 0.6) is 5.75 Å². The van der Waals surface area contributed by atoms with Crippen LogP contribution >= 0.6 is 0 Å². The Bertz CT molecular complexity index is 1240. The van der Waals surface area contributed by atoms with Crippen molar-refractivity contribution in [3.63, 3.8) is 0 Å². The maximum atomic E-state index is 12.7. The van der Waals surface area contributed by atoms with Crippen LogP contribution in [-0.4, -0.2) is 31.1 Å². The molecule has 1 heterocycles. The molecule has 1 aromatic heterocycles. The smallest absolute Gasteiger partial charge is 0.255 e. The van der Waals surface area contributed by atoms with E-state index < -0.39 is 10.0 Å². The van der Waals surface area contributed by atoms with Crippen LogP contribution in [0.3, 0.4) is 0 Å². The van der Waals surface area contributed by atoms with Crippen molar-refractivity contribution >= 4 is 10.0 Å². The van der Waals surface area contributed by atoms with Crippen LogP contribution < -0.4 is 10.3 Å². The molecule has 3 aromatic rings. The molecular formula is C25H30N2O4S. The minimum Gasteiger partial charge on any atom is -0.496 e. The maximum absolute atomic E-state index is 12.7. The number of nitrogens with zero attached hydrogens (tertiary/aromatic N) is 1. The highest BCUT2D eigenvalue weighted by Gasteiger charge is 2.25. The first kappa shape index (κ1) is 23.8. The average Bonchev–Trinajstić information content (AvgIpc) is 2.73. The third-order valence-corrected chi connectivity index (χ3v) is 6.56. The van der Waals surface area contributed by atoms with Gasteiger partial charge in [0.1, 0.15) is 5.75 Å². The predicted octanol–water partition coefficient (Wildman–Crippen LogP) is 4.31. The summed E-state index contributed by atoms with van der Waals surface area (Å²) in [6.07, 6.45) is 2.78. The summed E-state index contributed by atoms with van der Waals surface area (Å²) in [5.74, 6) is 0.664. The topological polar surface area (TPSA) is 79.5 Å². The fraction of sp³-hybridized carbons (Fsp3) is 0.320. The number of ether oxygens (including phenoxy) is 1. The summed E-state index contributed by atoms with van der Waals surface area (Å²) >= 11 is 0. The van der Waals surface area contributed by atoms with Gasteiger partial charge in [-0.1, -0.05) is 51.1 Å². The van der Waals surface area contributed by atoms with Gasteiger partial charge in [-0.3, -0.25) is 4.79 Å². The molecule has 6 nitrogen and oxygen atoms in total. The second kappa shape index (κ2) is 9.30. The number of nitrogens with one attached hydrogen (secondary N) is 1. The number of aromatic nitrogens is 1. The minimum atomic E-state index is -3.52. The quantitative estimate of drug-likeness (QED) is 0.577. The van der Waals surface area contributed by atoms with Crippen LogP contribution in [-0.2, 0) is 28.5 Å². The zero-order valence-corrected chi connectivity index (χ0v) is 20.0. The maximum Gasteiger partial charge on any atom is 0.255 e. The van der Waals surface area contributed by atoms with E-state index in [4.69, 9.17) is 4.74 Å². The Hall–Kier alpha value is -2.90. The van der Waals surface area contributed by atoms with Gasteiger partial charge in [-0.15, -0.1) is 0 Å². The van der Waals surface area contributed by atoms with Gasteiger partial charge in [0.25, 0.3) is 5.56 Å². The Morgan fingerprint density at radius 2 is 1.66 bits per heavy atom. The Labute approximate surface area is 189 Å². The molecule has 7 heteroatoms. The molecule has 0 saturated carbocycles. The molecule has 0 radical (unpaired) electrons. The summed E-state index contributed by atoms with van der Waals surface area (Å²) in [4.78, 5) is 15.4. The highest BCUT2D eigenvalue weighted by atomic mass is 32.2. The Morgan fingerprint density at radius 3 is 2.22 bits per heavy atom. The fourth-order valence-corrected chi connectivity index (χ4v) is 4.42. The normalized spacial score (nSPS) is 12.2. The molecule has 3 rings (SSSR count). The molecule has 0 unspecified atom stereocenters. The lowest BCUT2D eigenvalue weighted by Gasteiger charge is -2.26. The second-order valence-electron chi connectivity index (χ2n) is 8.89. The third kappa shape index (κ3) is 5.47. The highest BCUT2D eigenvalue weighted by molar-refractivity contribution is 7.88. The first-order valence-corrected chi connectivity index (χ1v) is 12.2. The first-order chi connectivity index (χ1) is 15.0. The molecular weight excluding hydrogens is 424 g/mol. The van der Waals surface area contributed by atoms with Gasteiger partial charge in [0.15, 0.2) is 0 Å². The lowest BCUT2D eigenvalue weighted by atomic mass is 9.83. The van der Waals surface area contributed by atoms with Crippen LogP contribution in [0.4, 0.5) is 0 Å². The largest absolute Gasteiger partial charge is 0.496 e. The van der Waals surface area contributed by atoms with E-state index in [1.807, 2.05) is 42.5 Å². The van der Waals surface area contributed by atoms with E-state index in [1.165, 1.54) is 10.6 Å². The third-order valence-electron chi connectivity index (χ3n) is 5.36. The van der Waals surface area contributed by atoms with Crippen LogP contribution in [0.2, 0.25) is 0 Å². The van der Waals surface area contributed by atoms with Gasteiger partial charge in [-0.25, -0.2) is 8.42 Å². The van der Waals surface area contributed by atoms with Gasteiger partial charge >= 0.3 is 0 Å². The monoisotopic (exact) mass is 454 g/mol. The van der Waals surface area contributed by atoms with Crippen molar-refractivity contribution in [3.05, 3.63) is 87.8 Å². The van der Waals surface area contributed by atoms with Crippen molar-refractivity contribution in [1.29, 1.82) is 0 Å². The Balaban J connectivity index is 2.19. The zero-order valence-electron chi connectivity index (χ0n) is 19.2. The number of H-pyrrole nitrogens is 1. The Morgan fingerprint density at radius 1 is 0.969 bits per heavy atom. The number of pyridine rings is 1. The number of rotatable bonds is 7. The van der Waals surface area contributed by atoms with Gasteiger partial charge < -0.3 is 9.72 Å². The van der Waals surface area contributed by atoms with Crippen molar-refractivity contribution in [2.75, 3.05) is 13.4 Å². The predicted molar refractivity (Wildman–Crippen MR) is 128 cm³/mol. The van der Waals surface area contributed by atoms with Crippen LogP contribution in [0.25, 0.3) is 11.1 Å². The summed E-state index contributed by atoms with van der Waals surface area (Å²) in [6.45, 7) is 6.55. The first-order valence-electron chi connectivity index (χ1n) is 10.4. The van der Waals surface area contributed by atoms with E-state index in [0.29, 0.717) is 22.4 Å². The molecule has 0 saturated heterocycles. The summed E-state index contributed by atoms with van der Waals surface area (Å²) in [6, 6.07) is 16.8. The van der Waals surface area contributed by atoms with E-state index in [1.54, 1.807) is 25.4 Å². The molecule has 2 aromatic carbocycles. The SMILES string of the molecule is COc1cc(CN(Cc2ccccc2)S(C)(=O)=O)c(-c2ccc[nH]c2=O)cc1C(C)(C)C. The van der Waals surface area contributed by atoms with E-state index in [-0.39, 0.29) is 24.1 Å². The molecule has 0 aliphatic heterocycles. The highest BCUT2D eigenvalue weighted by Crippen LogP contribution is 2.37. The lowest BCUT2D eigenvalue weighted by molar-refractivity contribution is 0.389. The van der Waals surface area contributed by atoms with Crippen LogP contribution in [0.1, 0.15) is 37.5 Å². The average molecular weight is 455 g/mol. The van der Waals surface area contributed by atoms with Gasteiger partial charge in [0, 0.05) is 30.4 Å². The molecule has 0 fully saturated rings. The molecule has 0 amide bonds. The summed E-state index contributed by atoms with van der Waals surface area (Å²) in [5.41, 5.74) is 3.25. The minimum absolute atomic E-state index is 0.109. The molecule has 0 aliphatic rings. The molecule has 0 aliphatic carbocycles. The van der Waals surface area contributed by atoms with Crippen molar-refractivity contribution in [1.82, 2.24) is 9.29 Å². The van der Waals surface area contributed by atoms with Gasteiger partial charge in [-0.05, 0) is 46.4 Å². The number of aromatic amines is 1.